The number of fused-ring (bicyclic) bond motifs is 2. The van der Waals surface area contributed by atoms with E-state index >= 15 is 0 Å². The molecule has 3 heterocycles. The van der Waals surface area contributed by atoms with Gasteiger partial charge in [0.15, 0.2) is 6.29 Å². The second-order valence-electron chi connectivity index (χ2n) is 5.68. The Balaban J connectivity index is 1.98. The Bertz CT molecular complexity index is 474. The molecule has 0 radical (unpaired) electrons. The van der Waals surface area contributed by atoms with Crippen LogP contribution in [0.1, 0.15) is 17.4 Å². The number of aliphatic hydroxyl groups is 1. The lowest BCUT2D eigenvalue weighted by molar-refractivity contribution is -0.181. The Morgan fingerprint density at radius 1 is 1.42 bits per heavy atom. The van der Waals surface area contributed by atoms with Crippen molar-refractivity contribution in [2.75, 3.05) is 20.7 Å². The van der Waals surface area contributed by atoms with Crippen molar-refractivity contribution in [2.45, 2.75) is 44.4 Å². The highest BCUT2D eigenvalue weighted by Gasteiger charge is 2.52. The van der Waals surface area contributed by atoms with Gasteiger partial charge < -0.3 is 19.5 Å². The van der Waals surface area contributed by atoms with E-state index in [-0.39, 0.29) is 18.2 Å². The third-order valence-electron chi connectivity index (χ3n) is 4.02. The number of hydrogen-bond donors (Lipinski definition) is 1. The molecule has 2 bridgehead atoms. The van der Waals surface area contributed by atoms with Gasteiger partial charge in [-0.3, -0.25) is 4.68 Å². The van der Waals surface area contributed by atoms with Crippen LogP contribution in [-0.4, -0.2) is 65.0 Å². The first-order valence-corrected chi connectivity index (χ1v) is 6.63. The first-order valence-electron chi connectivity index (χ1n) is 6.63. The molecule has 1 aromatic heterocycles. The minimum atomic E-state index is -0.556. The zero-order chi connectivity index (χ0) is 13.7. The molecule has 2 aliphatic rings. The molecule has 0 saturated carbocycles. The number of likely N-dealkylation sites (N-methyl/N-ethyl adjacent to an activating group) is 1. The molecule has 1 aromatic rings. The second kappa shape index (κ2) is 4.56. The van der Waals surface area contributed by atoms with E-state index in [2.05, 4.69) is 5.10 Å². The van der Waals surface area contributed by atoms with Gasteiger partial charge in [-0.2, -0.15) is 5.10 Å². The molecule has 2 fully saturated rings. The maximum absolute atomic E-state index is 10.7. The first kappa shape index (κ1) is 13.1. The van der Waals surface area contributed by atoms with Crippen molar-refractivity contribution in [3.63, 3.8) is 0 Å². The summed E-state index contributed by atoms with van der Waals surface area (Å²) in [6.07, 6.45) is -1.03. The molecule has 106 valence electrons. The van der Waals surface area contributed by atoms with Crippen molar-refractivity contribution in [1.82, 2.24) is 14.7 Å². The summed E-state index contributed by atoms with van der Waals surface area (Å²) >= 11 is 0. The highest BCUT2D eigenvalue weighted by atomic mass is 16.7. The van der Waals surface area contributed by atoms with E-state index in [4.69, 9.17) is 9.47 Å². The topological polar surface area (TPSA) is 59.8 Å². The van der Waals surface area contributed by atoms with Crippen LogP contribution in [0.4, 0.5) is 0 Å². The molecular weight excluding hydrogens is 246 g/mol. The van der Waals surface area contributed by atoms with E-state index in [1.807, 2.05) is 43.6 Å². The molecule has 6 nitrogen and oxygen atoms in total. The Morgan fingerprint density at radius 3 is 2.74 bits per heavy atom. The zero-order valence-electron chi connectivity index (χ0n) is 11.8. The summed E-state index contributed by atoms with van der Waals surface area (Å²) in [7, 11) is 3.91. The second-order valence-corrected chi connectivity index (χ2v) is 5.68. The van der Waals surface area contributed by atoms with Crippen LogP contribution in [0.15, 0.2) is 6.07 Å². The number of rotatable bonds is 2. The summed E-state index contributed by atoms with van der Waals surface area (Å²) in [5.41, 5.74) is 1.95. The number of nitrogens with zero attached hydrogens (tertiary/aromatic N) is 3. The SMILES string of the molecule is Cc1cc(C)n(C2C3OCC(O3)C(N(C)C)C2O)n1. The van der Waals surface area contributed by atoms with Gasteiger partial charge >= 0.3 is 0 Å². The van der Waals surface area contributed by atoms with Gasteiger partial charge in [-0.1, -0.05) is 0 Å². The van der Waals surface area contributed by atoms with Crippen molar-refractivity contribution < 1.29 is 14.6 Å². The predicted octanol–water partition coefficient (Wildman–Crippen LogP) is 0.0872. The van der Waals surface area contributed by atoms with Gasteiger partial charge in [-0.05, 0) is 34.0 Å². The summed E-state index contributed by atoms with van der Waals surface area (Å²) in [5.74, 6) is 0. The van der Waals surface area contributed by atoms with Crippen molar-refractivity contribution in [2.24, 2.45) is 0 Å². The van der Waals surface area contributed by atoms with E-state index in [1.165, 1.54) is 0 Å². The van der Waals surface area contributed by atoms with Gasteiger partial charge in [0, 0.05) is 5.69 Å². The molecule has 0 aliphatic carbocycles. The van der Waals surface area contributed by atoms with Crippen LogP contribution in [0.3, 0.4) is 0 Å². The third kappa shape index (κ3) is 1.99. The monoisotopic (exact) mass is 267 g/mol. The molecule has 5 unspecified atom stereocenters. The van der Waals surface area contributed by atoms with Gasteiger partial charge in [0.05, 0.1) is 24.4 Å². The van der Waals surface area contributed by atoms with Crippen LogP contribution in [0.25, 0.3) is 0 Å². The predicted molar refractivity (Wildman–Crippen MR) is 68.8 cm³/mol. The summed E-state index contributed by atoms with van der Waals surface area (Å²) in [6, 6.07) is 1.63. The fraction of sp³-hybridized carbons (Fsp3) is 0.769. The average molecular weight is 267 g/mol. The Hall–Kier alpha value is -0.950. The number of aromatic nitrogens is 2. The molecule has 2 aliphatic heterocycles. The molecule has 6 heteroatoms. The van der Waals surface area contributed by atoms with E-state index < -0.39 is 12.4 Å². The number of aryl methyl sites for hydroxylation is 2. The fourth-order valence-electron chi connectivity index (χ4n) is 3.23. The zero-order valence-corrected chi connectivity index (χ0v) is 11.8. The lowest BCUT2D eigenvalue weighted by atomic mass is 9.95. The summed E-state index contributed by atoms with van der Waals surface area (Å²) in [4.78, 5) is 2.00. The molecule has 0 amide bonds. The van der Waals surface area contributed by atoms with Crippen molar-refractivity contribution in [1.29, 1.82) is 0 Å². The third-order valence-corrected chi connectivity index (χ3v) is 4.02. The van der Waals surface area contributed by atoms with E-state index in [0.29, 0.717) is 6.61 Å². The highest BCUT2D eigenvalue weighted by molar-refractivity contribution is 5.10. The largest absolute Gasteiger partial charge is 0.389 e. The molecule has 1 N–H and O–H groups in total. The lowest BCUT2D eigenvalue weighted by Gasteiger charge is -2.41. The standard InChI is InChI=1S/C13H21N3O3/c1-7-5-8(2)16(14-7)11-12(17)10(15(3)4)9-6-18-13(11)19-9/h5,9-13,17H,6H2,1-4H3. The smallest absolute Gasteiger partial charge is 0.183 e. The Labute approximate surface area is 112 Å². The molecule has 5 atom stereocenters. The minimum absolute atomic E-state index is 0.0665. The summed E-state index contributed by atoms with van der Waals surface area (Å²) in [6.45, 7) is 4.46. The van der Waals surface area contributed by atoms with Crippen LogP contribution < -0.4 is 0 Å². The molecule has 3 rings (SSSR count). The van der Waals surface area contributed by atoms with E-state index in [0.717, 1.165) is 11.4 Å². The summed E-state index contributed by atoms with van der Waals surface area (Å²) in [5, 5.41) is 15.2. The Morgan fingerprint density at radius 2 is 2.16 bits per heavy atom. The summed E-state index contributed by atoms with van der Waals surface area (Å²) < 4.78 is 13.4. The van der Waals surface area contributed by atoms with Gasteiger partial charge in [-0.25, -0.2) is 0 Å². The molecule has 0 aromatic carbocycles. The van der Waals surface area contributed by atoms with Crippen LogP contribution >= 0.6 is 0 Å². The molecular formula is C13H21N3O3. The highest BCUT2D eigenvalue weighted by Crippen LogP contribution is 2.37. The normalized spacial score (nSPS) is 38.1. The van der Waals surface area contributed by atoms with Crippen LogP contribution in [0, 0.1) is 13.8 Å². The molecule has 2 saturated heterocycles. The quantitative estimate of drug-likeness (QED) is 0.823. The lowest BCUT2D eigenvalue weighted by Crippen LogP contribution is -2.57. The maximum atomic E-state index is 10.7. The molecule has 19 heavy (non-hydrogen) atoms. The molecule has 0 spiro atoms. The number of aliphatic hydroxyl groups excluding tert-OH is 1. The van der Waals surface area contributed by atoms with Crippen molar-refractivity contribution in [3.05, 3.63) is 17.5 Å². The van der Waals surface area contributed by atoms with Crippen LogP contribution in [0.2, 0.25) is 0 Å². The van der Waals surface area contributed by atoms with Crippen LogP contribution in [0.5, 0.6) is 0 Å². The Kier molecular flexibility index (Phi) is 3.13. The number of ether oxygens (including phenoxy) is 2. The first-order chi connectivity index (χ1) is 8.99. The van der Waals surface area contributed by atoms with Gasteiger partial charge in [0.1, 0.15) is 12.1 Å². The van der Waals surface area contributed by atoms with E-state index in [9.17, 15) is 5.11 Å². The average Bonchev–Trinajstić information content (AvgIpc) is 2.85. The van der Waals surface area contributed by atoms with Crippen LogP contribution in [-0.2, 0) is 9.47 Å². The van der Waals surface area contributed by atoms with Gasteiger partial charge in [0.2, 0.25) is 0 Å². The van der Waals surface area contributed by atoms with Crippen molar-refractivity contribution in [3.8, 4) is 0 Å². The number of hydrogen-bond acceptors (Lipinski definition) is 5. The van der Waals surface area contributed by atoms with Crippen molar-refractivity contribution >= 4 is 0 Å². The maximum Gasteiger partial charge on any atom is 0.183 e. The minimum Gasteiger partial charge on any atom is -0.389 e. The van der Waals surface area contributed by atoms with E-state index in [1.54, 1.807) is 0 Å². The fourth-order valence-corrected chi connectivity index (χ4v) is 3.23. The van der Waals surface area contributed by atoms with Gasteiger partial charge in [0.25, 0.3) is 0 Å². The van der Waals surface area contributed by atoms with Gasteiger partial charge in [-0.15, -0.1) is 0 Å².